The van der Waals surface area contributed by atoms with E-state index in [0.29, 0.717) is 6.04 Å². The van der Waals surface area contributed by atoms with Gasteiger partial charge in [-0.1, -0.05) is 35.0 Å². The number of aryl methyl sites for hydroxylation is 1. The van der Waals surface area contributed by atoms with Crippen LogP contribution in [0.5, 0.6) is 0 Å². The van der Waals surface area contributed by atoms with Crippen molar-refractivity contribution in [2.45, 2.75) is 32.9 Å². The molecule has 0 saturated heterocycles. The SMILES string of the molecule is CCc1ccc(CN[C@@H](C)c2ccc(Br)cc2)o1. The Bertz CT molecular complexity index is 489. The Morgan fingerprint density at radius 3 is 2.39 bits per heavy atom. The molecule has 1 N–H and O–H groups in total. The highest BCUT2D eigenvalue weighted by atomic mass is 79.9. The maximum absolute atomic E-state index is 5.67. The van der Waals surface area contributed by atoms with Crippen LogP contribution in [0, 0.1) is 0 Å². The van der Waals surface area contributed by atoms with Crippen LogP contribution in [-0.4, -0.2) is 0 Å². The fourth-order valence-electron chi connectivity index (χ4n) is 1.83. The van der Waals surface area contributed by atoms with Gasteiger partial charge in [0, 0.05) is 16.9 Å². The predicted octanol–water partition coefficient (Wildman–Crippen LogP) is 4.46. The third-order valence-corrected chi connectivity index (χ3v) is 3.55. The first-order valence-corrected chi connectivity index (χ1v) is 7.04. The summed E-state index contributed by atoms with van der Waals surface area (Å²) >= 11 is 3.45. The monoisotopic (exact) mass is 307 g/mol. The summed E-state index contributed by atoms with van der Waals surface area (Å²) < 4.78 is 6.78. The summed E-state index contributed by atoms with van der Waals surface area (Å²) in [5, 5.41) is 3.46. The van der Waals surface area contributed by atoms with Crippen molar-refractivity contribution in [2.24, 2.45) is 0 Å². The molecule has 18 heavy (non-hydrogen) atoms. The Morgan fingerprint density at radius 2 is 1.78 bits per heavy atom. The minimum absolute atomic E-state index is 0.313. The Hall–Kier alpha value is -1.06. The fourth-order valence-corrected chi connectivity index (χ4v) is 2.09. The minimum atomic E-state index is 0.313. The molecule has 1 aromatic heterocycles. The van der Waals surface area contributed by atoms with Crippen molar-refractivity contribution in [3.63, 3.8) is 0 Å². The normalized spacial score (nSPS) is 12.6. The molecule has 0 saturated carbocycles. The molecule has 0 aliphatic rings. The van der Waals surface area contributed by atoms with Crippen LogP contribution in [0.2, 0.25) is 0 Å². The molecule has 2 rings (SSSR count). The zero-order chi connectivity index (χ0) is 13.0. The molecule has 0 radical (unpaired) electrons. The van der Waals surface area contributed by atoms with Gasteiger partial charge >= 0.3 is 0 Å². The molecule has 0 aliphatic heterocycles. The Labute approximate surface area is 117 Å². The predicted molar refractivity (Wildman–Crippen MR) is 77.5 cm³/mol. The third kappa shape index (κ3) is 3.47. The summed E-state index contributed by atoms with van der Waals surface area (Å²) in [5.74, 6) is 2.04. The molecule has 0 amide bonds. The van der Waals surface area contributed by atoms with Crippen molar-refractivity contribution in [3.05, 3.63) is 58.0 Å². The van der Waals surface area contributed by atoms with Gasteiger partial charge in [-0.25, -0.2) is 0 Å². The molecule has 1 atom stereocenters. The summed E-state index contributed by atoms with van der Waals surface area (Å²) in [7, 11) is 0. The number of halogens is 1. The van der Waals surface area contributed by atoms with E-state index in [1.165, 1.54) is 5.56 Å². The van der Waals surface area contributed by atoms with E-state index in [9.17, 15) is 0 Å². The highest BCUT2D eigenvalue weighted by molar-refractivity contribution is 9.10. The molecular weight excluding hydrogens is 290 g/mol. The lowest BCUT2D eigenvalue weighted by atomic mass is 10.1. The first kappa shape index (κ1) is 13.4. The van der Waals surface area contributed by atoms with Gasteiger partial charge in [-0.05, 0) is 36.8 Å². The van der Waals surface area contributed by atoms with Crippen LogP contribution in [0.1, 0.15) is 37.0 Å². The molecule has 3 heteroatoms. The topological polar surface area (TPSA) is 25.2 Å². The summed E-state index contributed by atoms with van der Waals surface area (Å²) in [4.78, 5) is 0. The van der Waals surface area contributed by atoms with Gasteiger partial charge in [0.2, 0.25) is 0 Å². The number of hydrogen-bond acceptors (Lipinski definition) is 2. The second kappa shape index (κ2) is 6.21. The molecular formula is C15H18BrNO. The maximum Gasteiger partial charge on any atom is 0.117 e. The van der Waals surface area contributed by atoms with E-state index in [4.69, 9.17) is 4.42 Å². The first-order chi connectivity index (χ1) is 8.69. The van der Waals surface area contributed by atoms with E-state index >= 15 is 0 Å². The van der Waals surface area contributed by atoms with E-state index in [1.54, 1.807) is 0 Å². The van der Waals surface area contributed by atoms with E-state index < -0.39 is 0 Å². The van der Waals surface area contributed by atoms with Crippen LogP contribution < -0.4 is 5.32 Å². The standard InChI is InChI=1S/C15H18BrNO/c1-3-14-8-9-15(18-14)10-17-11(2)12-4-6-13(16)7-5-12/h4-9,11,17H,3,10H2,1-2H3/t11-/m0/s1. The zero-order valence-corrected chi connectivity index (χ0v) is 12.3. The van der Waals surface area contributed by atoms with Crippen molar-refractivity contribution in [1.82, 2.24) is 5.32 Å². The summed E-state index contributed by atoms with van der Waals surface area (Å²) in [5.41, 5.74) is 1.28. The molecule has 0 unspecified atom stereocenters. The molecule has 1 aromatic carbocycles. The molecule has 0 bridgehead atoms. The second-order valence-electron chi connectivity index (χ2n) is 4.38. The molecule has 1 heterocycles. The van der Waals surface area contributed by atoms with Crippen molar-refractivity contribution < 1.29 is 4.42 Å². The molecule has 0 fully saturated rings. The second-order valence-corrected chi connectivity index (χ2v) is 5.29. The number of benzene rings is 1. The van der Waals surface area contributed by atoms with Gasteiger partial charge in [-0.2, -0.15) is 0 Å². The van der Waals surface area contributed by atoms with Crippen molar-refractivity contribution >= 4 is 15.9 Å². The minimum Gasteiger partial charge on any atom is -0.465 e. The Morgan fingerprint density at radius 1 is 1.11 bits per heavy atom. The van der Waals surface area contributed by atoms with Crippen molar-refractivity contribution in [1.29, 1.82) is 0 Å². The summed E-state index contributed by atoms with van der Waals surface area (Å²) in [6.07, 6.45) is 0.947. The average molecular weight is 308 g/mol. The molecule has 0 aliphatic carbocycles. The highest BCUT2D eigenvalue weighted by Crippen LogP contribution is 2.17. The number of hydrogen-bond donors (Lipinski definition) is 1. The molecule has 2 aromatic rings. The largest absolute Gasteiger partial charge is 0.465 e. The first-order valence-electron chi connectivity index (χ1n) is 6.25. The smallest absolute Gasteiger partial charge is 0.117 e. The van der Waals surface area contributed by atoms with Crippen LogP contribution in [0.4, 0.5) is 0 Å². The van der Waals surface area contributed by atoms with Gasteiger partial charge in [0.25, 0.3) is 0 Å². The van der Waals surface area contributed by atoms with Gasteiger partial charge in [0.1, 0.15) is 11.5 Å². The van der Waals surface area contributed by atoms with Crippen LogP contribution in [0.3, 0.4) is 0 Å². The zero-order valence-electron chi connectivity index (χ0n) is 10.7. The fraction of sp³-hybridized carbons (Fsp3) is 0.333. The van der Waals surface area contributed by atoms with Crippen LogP contribution in [-0.2, 0) is 13.0 Å². The van der Waals surface area contributed by atoms with E-state index in [1.807, 2.05) is 12.1 Å². The van der Waals surface area contributed by atoms with Crippen LogP contribution >= 0.6 is 15.9 Å². The van der Waals surface area contributed by atoms with E-state index in [2.05, 4.69) is 59.4 Å². The third-order valence-electron chi connectivity index (χ3n) is 3.02. The van der Waals surface area contributed by atoms with Gasteiger partial charge in [-0.3, -0.25) is 0 Å². The van der Waals surface area contributed by atoms with Gasteiger partial charge < -0.3 is 9.73 Å². The number of nitrogens with one attached hydrogen (secondary N) is 1. The lowest BCUT2D eigenvalue weighted by molar-refractivity contribution is 0.435. The Kier molecular flexibility index (Phi) is 4.61. The lowest BCUT2D eigenvalue weighted by Crippen LogP contribution is -2.17. The summed E-state index contributed by atoms with van der Waals surface area (Å²) in [6, 6.07) is 12.8. The molecule has 0 spiro atoms. The average Bonchev–Trinajstić information content (AvgIpc) is 2.85. The van der Waals surface area contributed by atoms with Crippen LogP contribution in [0.15, 0.2) is 45.3 Å². The van der Waals surface area contributed by atoms with Crippen molar-refractivity contribution in [2.75, 3.05) is 0 Å². The lowest BCUT2D eigenvalue weighted by Gasteiger charge is -2.13. The van der Waals surface area contributed by atoms with E-state index in [0.717, 1.165) is 29.0 Å². The molecule has 96 valence electrons. The van der Waals surface area contributed by atoms with Crippen LogP contribution in [0.25, 0.3) is 0 Å². The van der Waals surface area contributed by atoms with Crippen molar-refractivity contribution in [3.8, 4) is 0 Å². The van der Waals surface area contributed by atoms with Gasteiger partial charge in [0.15, 0.2) is 0 Å². The number of rotatable bonds is 5. The number of furan rings is 1. The molecule has 2 nitrogen and oxygen atoms in total. The quantitative estimate of drug-likeness (QED) is 0.882. The highest BCUT2D eigenvalue weighted by Gasteiger charge is 2.06. The van der Waals surface area contributed by atoms with Gasteiger partial charge in [0.05, 0.1) is 6.54 Å². The summed E-state index contributed by atoms with van der Waals surface area (Å²) in [6.45, 7) is 5.02. The van der Waals surface area contributed by atoms with E-state index in [-0.39, 0.29) is 0 Å². The van der Waals surface area contributed by atoms with Gasteiger partial charge in [-0.15, -0.1) is 0 Å². The Balaban J connectivity index is 1.91. The maximum atomic E-state index is 5.67.